The number of phenolic OH excluding ortho intramolecular Hbond substituents is 1. The van der Waals surface area contributed by atoms with Crippen molar-refractivity contribution in [3.63, 3.8) is 0 Å². The number of halogens is 1. The van der Waals surface area contributed by atoms with E-state index in [2.05, 4.69) is 12.1 Å². The lowest BCUT2D eigenvalue weighted by molar-refractivity contribution is -0.114. The first-order valence-corrected chi connectivity index (χ1v) is 9.10. The predicted octanol–water partition coefficient (Wildman–Crippen LogP) is 2.79. The van der Waals surface area contributed by atoms with Gasteiger partial charge in [0, 0.05) is 30.9 Å². The Balaban J connectivity index is 1.61. The Bertz CT molecular complexity index is 820. The molecule has 5 heteroatoms. The summed E-state index contributed by atoms with van der Waals surface area (Å²) in [7, 11) is 0. The maximum Gasteiger partial charge on any atom is 0.130 e. The van der Waals surface area contributed by atoms with Crippen LogP contribution in [0.25, 0.3) is 0 Å². The van der Waals surface area contributed by atoms with E-state index in [4.69, 9.17) is 4.74 Å². The van der Waals surface area contributed by atoms with Gasteiger partial charge in [-0.25, -0.2) is 4.39 Å². The average Bonchev–Trinajstić information content (AvgIpc) is 2.59. The number of aryl methyl sites for hydroxylation is 2. The zero-order valence-corrected chi connectivity index (χ0v) is 14.5. The van der Waals surface area contributed by atoms with E-state index < -0.39 is 24.1 Å². The minimum atomic E-state index is -0.619. The first kappa shape index (κ1) is 17.5. The van der Waals surface area contributed by atoms with Crippen molar-refractivity contribution < 1.29 is 24.4 Å². The highest BCUT2D eigenvalue weighted by molar-refractivity contribution is 5.43. The van der Waals surface area contributed by atoms with E-state index in [0.29, 0.717) is 30.4 Å². The number of hydrogen-bond donors (Lipinski definition) is 3. The SMILES string of the molecule is OCC1CC(O)CC(c2cc(Cc3ccc4c(c3)CC4)c(F)cc2O)O1. The molecular weight excluding hydrogens is 335 g/mol. The molecule has 0 saturated carbocycles. The lowest BCUT2D eigenvalue weighted by Crippen LogP contribution is -2.33. The minimum absolute atomic E-state index is 0.181. The Hall–Kier alpha value is -1.95. The first-order valence-electron chi connectivity index (χ1n) is 9.10. The van der Waals surface area contributed by atoms with Crippen LogP contribution in [0.3, 0.4) is 0 Å². The van der Waals surface area contributed by atoms with Crippen LogP contribution in [0.5, 0.6) is 5.75 Å². The third kappa shape index (κ3) is 3.34. The van der Waals surface area contributed by atoms with E-state index >= 15 is 0 Å². The molecular formula is C21H23FO4. The molecule has 3 N–H and O–H groups in total. The molecule has 4 nitrogen and oxygen atoms in total. The number of ether oxygens (including phenoxy) is 1. The Labute approximate surface area is 151 Å². The number of fused-ring (bicyclic) bond motifs is 1. The molecule has 4 rings (SSSR count). The second-order valence-electron chi connectivity index (χ2n) is 7.34. The standard InChI is InChI=1S/C21H23FO4/c22-19-10-20(25)18(21-9-16(24)8-17(11-23)26-21)7-15(19)6-12-1-2-13-3-4-14(13)5-12/h1-2,5,7,10,16-17,21,23-25H,3-4,6,8-9,11H2. The third-order valence-electron chi connectivity index (χ3n) is 5.45. The van der Waals surface area contributed by atoms with Gasteiger partial charge in [0.25, 0.3) is 0 Å². The summed E-state index contributed by atoms with van der Waals surface area (Å²) in [6.45, 7) is -0.197. The number of aliphatic hydroxyl groups excluding tert-OH is 2. The van der Waals surface area contributed by atoms with E-state index in [-0.39, 0.29) is 12.4 Å². The van der Waals surface area contributed by atoms with Crippen molar-refractivity contribution >= 4 is 0 Å². The Morgan fingerprint density at radius 2 is 1.88 bits per heavy atom. The number of phenols is 1. The van der Waals surface area contributed by atoms with Crippen molar-refractivity contribution in [2.24, 2.45) is 0 Å². The van der Waals surface area contributed by atoms with E-state index in [9.17, 15) is 19.7 Å². The van der Waals surface area contributed by atoms with Crippen LogP contribution in [0, 0.1) is 5.82 Å². The summed E-state index contributed by atoms with van der Waals surface area (Å²) in [5, 5.41) is 29.5. The number of rotatable bonds is 4. The van der Waals surface area contributed by atoms with Gasteiger partial charge in [-0.2, -0.15) is 0 Å². The smallest absolute Gasteiger partial charge is 0.130 e. The molecule has 2 aromatic rings. The molecule has 2 aromatic carbocycles. The summed E-state index contributed by atoms with van der Waals surface area (Å²) in [6, 6.07) is 8.98. The molecule has 1 aliphatic heterocycles. The van der Waals surface area contributed by atoms with Crippen molar-refractivity contribution in [1.82, 2.24) is 0 Å². The van der Waals surface area contributed by atoms with Crippen LogP contribution in [0.2, 0.25) is 0 Å². The van der Waals surface area contributed by atoms with Gasteiger partial charge in [-0.05, 0) is 41.2 Å². The van der Waals surface area contributed by atoms with Crippen LogP contribution in [0.15, 0.2) is 30.3 Å². The second kappa shape index (κ2) is 6.99. The van der Waals surface area contributed by atoms with E-state index in [1.54, 1.807) is 6.07 Å². The molecule has 3 atom stereocenters. The number of aliphatic hydroxyl groups is 2. The fourth-order valence-corrected chi connectivity index (χ4v) is 3.91. The van der Waals surface area contributed by atoms with Gasteiger partial charge in [-0.15, -0.1) is 0 Å². The van der Waals surface area contributed by atoms with Crippen molar-refractivity contribution in [2.75, 3.05) is 6.61 Å². The predicted molar refractivity (Wildman–Crippen MR) is 94.7 cm³/mol. The molecule has 1 saturated heterocycles. The molecule has 1 heterocycles. The number of benzene rings is 2. The molecule has 0 spiro atoms. The third-order valence-corrected chi connectivity index (χ3v) is 5.45. The van der Waals surface area contributed by atoms with Crippen molar-refractivity contribution in [2.45, 2.75) is 50.4 Å². The molecule has 3 unspecified atom stereocenters. The van der Waals surface area contributed by atoms with Gasteiger partial charge < -0.3 is 20.1 Å². The van der Waals surface area contributed by atoms with Gasteiger partial charge in [-0.1, -0.05) is 18.2 Å². The maximum absolute atomic E-state index is 14.4. The highest BCUT2D eigenvalue weighted by Gasteiger charge is 2.31. The first-order chi connectivity index (χ1) is 12.5. The highest BCUT2D eigenvalue weighted by atomic mass is 19.1. The quantitative estimate of drug-likeness (QED) is 0.786. The average molecular weight is 358 g/mol. The van der Waals surface area contributed by atoms with E-state index in [1.807, 2.05) is 6.07 Å². The molecule has 1 aliphatic carbocycles. The Morgan fingerprint density at radius 1 is 1.08 bits per heavy atom. The summed E-state index contributed by atoms with van der Waals surface area (Å²) in [4.78, 5) is 0. The van der Waals surface area contributed by atoms with E-state index in [0.717, 1.165) is 24.5 Å². The number of hydrogen-bond acceptors (Lipinski definition) is 4. The van der Waals surface area contributed by atoms with Crippen LogP contribution in [0.4, 0.5) is 4.39 Å². The normalized spacial score (nSPS) is 24.8. The van der Waals surface area contributed by atoms with Crippen LogP contribution in [-0.4, -0.2) is 34.1 Å². The van der Waals surface area contributed by atoms with Crippen molar-refractivity contribution in [1.29, 1.82) is 0 Å². The largest absolute Gasteiger partial charge is 0.507 e. The van der Waals surface area contributed by atoms with Crippen LogP contribution < -0.4 is 0 Å². The molecule has 0 bridgehead atoms. The topological polar surface area (TPSA) is 69.9 Å². The second-order valence-corrected chi connectivity index (χ2v) is 7.34. The van der Waals surface area contributed by atoms with E-state index in [1.165, 1.54) is 11.1 Å². The molecule has 0 amide bonds. The van der Waals surface area contributed by atoms with Crippen molar-refractivity contribution in [3.8, 4) is 5.75 Å². The molecule has 26 heavy (non-hydrogen) atoms. The molecule has 0 aromatic heterocycles. The molecule has 1 fully saturated rings. The van der Waals surface area contributed by atoms with Crippen LogP contribution in [-0.2, 0) is 24.0 Å². The van der Waals surface area contributed by atoms with Gasteiger partial charge in [0.1, 0.15) is 11.6 Å². The Morgan fingerprint density at radius 3 is 2.58 bits per heavy atom. The lowest BCUT2D eigenvalue weighted by Gasteiger charge is -2.33. The van der Waals surface area contributed by atoms with Crippen LogP contribution >= 0.6 is 0 Å². The number of aromatic hydroxyl groups is 1. The van der Waals surface area contributed by atoms with Gasteiger partial charge in [0.05, 0.1) is 24.9 Å². The maximum atomic E-state index is 14.4. The molecule has 138 valence electrons. The van der Waals surface area contributed by atoms with Gasteiger partial charge in [0.2, 0.25) is 0 Å². The molecule has 0 radical (unpaired) electrons. The summed E-state index contributed by atoms with van der Waals surface area (Å²) in [5.41, 5.74) is 4.67. The lowest BCUT2D eigenvalue weighted by atomic mass is 9.86. The van der Waals surface area contributed by atoms with Gasteiger partial charge >= 0.3 is 0 Å². The van der Waals surface area contributed by atoms with Gasteiger partial charge in [0.15, 0.2) is 0 Å². The molecule has 2 aliphatic rings. The minimum Gasteiger partial charge on any atom is -0.507 e. The highest BCUT2D eigenvalue weighted by Crippen LogP contribution is 2.37. The van der Waals surface area contributed by atoms with Gasteiger partial charge in [-0.3, -0.25) is 0 Å². The fraction of sp³-hybridized carbons (Fsp3) is 0.429. The summed E-state index contributed by atoms with van der Waals surface area (Å²) >= 11 is 0. The summed E-state index contributed by atoms with van der Waals surface area (Å²) < 4.78 is 20.2. The Kier molecular flexibility index (Phi) is 4.69. The zero-order chi connectivity index (χ0) is 18.3. The van der Waals surface area contributed by atoms with Crippen molar-refractivity contribution in [3.05, 3.63) is 64.0 Å². The zero-order valence-electron chi connectivity index (χ0n) is 14.5. The summed E-state index contributed by atoms with van der Waals surface area (Å²) in [5.74, 6) is -0.636. The van der Waals surface area contributed by atoms with Crippen LogP contribution in [0.1, 0.15) is 46.8 Å². The monoisotopic (exact) mass is 358 g/mol. The fourth-order valence-electron chi connectivity index (χ4n) is 3.91. The summed E-state index contributed by atoms with van der Waals surface area (Å²) in [6.07, 6.45) is 1.63.